The van der Waals surface area contributed by atoms with Crippen LogP contribution in [0.5, 0.6) is 0 Å². The number of hydrogen-bond donors (Lipinski definition) is 1. The molecule has 1 N–H and O–H groups in total. The first-order chi connectivity index (χ1) is 13.8. The van der Waals surface area contributed by atoms with Gasteiger partial charge in [0.1, 0.15) is 5.69 Å². The standard InChI is InChI=1S/C23H30N4O/c28-22(25-20-9-5-2-6-10-20)21-11-14-24-23(26-21)27-15-12-19(13-16-27)17-18-7-3-1-4-8-18/h1,3-4,7-8,11,14,19-20H,2,5-6,9-10,12-13,15-17H2,(H,25,28). The molecular formula is C23H30N4O. The van der Waals surface area contributed by atoms with E-state index in [1.165, 1.54) is 24.8 Å². The lowest BCUT2D eigenvalue weighted by Crippen LogP contribution is -2.38. The Morgan fingerprint density at radius 3 is 2.50 bits per heavy atom. The lowest BCUT2D eigenvalue weighted by atomic mass is 9.90. The molecule has 5 nitrogen and oxygen atoms in total. The molecule has 0 atom stereocenters. The van der Waals surface area contributed by atoms with Gasteiger partial charge in [0.15, 0.2) is 0 Å². The molecule has 0 bridgehead atoms. The molecule has 2 aromatic rings. The zero-order chi connectivity index (χ0) is 19.2. The first-order valence-corrected chi connectivity index (χ1v) is 10.7. The number of rotatable bonds is 5. The number of piperidine rings is 1. The second-order valence-corrected chi connectivity index (χ2v) is 8.17. The van der Waals surface area contributed by atoms with E-state index < -0.39 is 0 Å². The maximum absolute atomic E-state index is 12.6. The van der Waals surface area contributed by atoms with Crippen LogP contribution >= 0.6 is 0 Å². The van der Waals surface area contributed by atoms with Gasteiger partial charge in [-0.1, -0.05) is 49.6 Å². The molecule has 1 aromatic heterocycles. The van der Waals surface area contributed by atoms with Crippen LogP contribution in [0.1, 0.15) is 61.0 Å². The van der Waals surface area contributed by atoms with Gasteiger partial charge >= 0.3 is 0 Å². The van der Waals surface area contributed by atoms with E-state index in [0.717, 1.165) is 45.2 Å². The first-order valence-electron chi connectivity index (χ1n) is 10.7. The number of amides is 1. The van der Waals surface area contributed by atoms with E-state index in [-0.39, 0.29) is 5.91 Å². The SMILES string of the molecule is O=C(NC1CCCCC1)c1ccnc(N2CCC(Cc3ccccc3)CC2)n1. The van der Waals surface area contributed by atoms with Gasteiger partial charge in [0.05, 0.1) is 0 Å². The molecule has 1 amide bonds. The maximum atomic E-state index is 12.6. The smallest absolute Gasteiger partial charge is 0.270 e. The summed E-state index contributed by atoms with van der Waals surface area (Å²) in [4.78, 5) is 23.8. The molecule has 2 aliphatic rings. The fourth-order valence-electron chi connectivity index (χ4n) is 4.42. The third-order valence-corrected chi connectivity index (χ3v) is 6.08. The van der Waals surface area contributed by atoms with Crippen molar-refractivity contribution in [3.8, 4) is 0 Å². The van der Waals surface area contributed by atoms with Crippen molar-refractivity contribution in [1.29, 1.82) is 0 Å². The van der Waals surface area contributed by atoms with Crippen molar-refractivity contribution >= 4 is 11.9 Å². The van der Waals surface area contributed by atoms with Gasteiger partial charge in [0.25, 0.3) is 5.91 Å². The van der Waals surface area contributed by atoms with Crippen LogP contribution in [0.25, 0.3) is 0 Å². The van der Waals surface area contributed by atoms with E-state index in [1.54, 1.807) is 12.3 Å². The highest BCUT2D eigenvalue weighted by atomic mass is 16.1. The summed E-state index contributed by atoms with van der Waals surface area (Å²) in [7, 11) is 0. The molecule has 0 radical (unpaired) electrons. The Morgan fingerprint density at radius 2 is 1.75 bits per heavy atom. The van der Waals surface area contributed by atoms with Crippen LogP contribution in [-0.2, 0) is 6.42 Å². The van der Waals surface area contributed by atoms with Gasteiger partial charge < -0.3 is 10.2 Å². The highest BCUT2D eigenvalue weighted by Crippen LogP contribution is 2.24. The number of nitrogens with one attached hydrogen (secondary N) is 1. The van der Waals surface area contributed by atoms with Crippen molar-refractivity contribution in [3.63, 3.8) is 0 Å². The monoisotopic (exact) mass is 378 g/mol. The van der Waals surface area contributed by atoms with Gasteiger partial charge in [-0.2, -0.15) is 0 Å². The molecule has 4 rings (SSSR count). The van der Waals surface area contributed by atoms with E-state index in [0.29, 0.717) is 23.6 Å². The fourth-order valence-corrected chi connectivity index (χ4v) is 4.42. The Kier molecular flexibility index (Phi) is 6.20. The summed E-state index contributed by atoms with van der Waals surface area (Å²) in [6.07, 6.45) is 11.0. The summed E-state index contributed by atoms with van der Waals surface area (Å²) in [5.74, 6) is 1.33. The number of carbonyl (C=O) groups is 1. The lowest BCUT2D eigenvalue weighted by molar-refractivity contribution is 0.0922. The number of carbonyl (C=O) groups excluding carboxylic acids is 1. The van der Waals surface area contributed by atoms with Crippen LogP contribution in [0, 0.1) is 5.92 Å². The number of benzene rings is 1. The topological polar surface area (TPSA) is 58.1 Å². The van der Waals surface area contributed by atoms with Crippen molar-refractivity contribution in [2.75, 3.05) is 18.0 Å². The van der Waals surface area contributed by atoms with Crippen LogP contribution < -0.4 is 10.2 Å². The molecule has 0 unspecified atom stereocenters. The Balaban J connectivity index is 1.32. The van der Waals surface area contributed by atoms with Crippen LogP contribution in [0.15, 0.2) is 42.6 Å². The highest BCUT2D eigenvalue weighted by molar-refractivity contribution is 5.92. The minimum Gasteiger partial charge on any atom is -0.348 e. The van der Waals surface area contributed by atoms with Crippen molar-refractivity contribution in [2.24, 2.45) is 5.92 Å². The predicted octanol–water partition coefficient (Wildman–Crippen LogP) is 4.00. The first kappa shape index (κ1) is 18.9. The van der Waals surface area contributed by atoms with E-state index in [2.05, 4.69) is 50.5 Å². The molecule has 0 spiro atoms. The predicted molar refractivity (Wildman–Crippen MR) is 111 cm³/mol. The Hall–Kier alpha value is -2.43. The maximum Gasteiger partial charge on any atom is 0.270 e. The molecule has 1 aliphatic heterocycles. The third kappa shape index (κ3) is 4.89. The average molecular weight is 379 g/mol. The summed E-state index contributed by atoms with van der Waals surface area (Å²) in [5, 5.41) is 3.15. The molecule has 28 heavy (non-hydrogen) atoms. The van der Waals surface area contributed by atoms with Gasteiger partial charge in [-0.15, -0.1) is 0 Å². The Bertz CT molecular complexity index is 765. The molecule has 1 aromatic carbocycles. The summed E-state index contributed by atoms with van der Waals surface area (Å²) < 4.78 is 0. The normalized spacial score (nSPS) is 18.8. The number of nitrogens with zero attached hydrogens (tertiary/aromatic N) is 3. The van der Waals surface area contributed by atoms with Crippen LogP contribution in [0.2, 0.25) is 0 Å². The fraction of sp³-hybridized carbons (Fsp3) is 0.522. The molecule has 148 valence electrons. The number of hydrogen-bond acceptors (Lipinski definition) is 4. The second kappa shape index (κ2) is 9.18. The minimum absolute atomic E-state index is 0.0606. The van der Waals surface area contributed by atoms with Gasteiger partial charge in [-0.25, -0.2) is 9.97 Å². The van der Waals surface area contributed by atoms with E-state index in [1.807, 2.05) is 0 Å². The van der Waals surface area contributed by atoms with E-state index >= 15 is 0 Å². The second-order valence-electron chi connectivity index (χ2n) is 8.17. The van der Waals surface area contributed by atoms with Crippen molar-refractivity contribution in [3.05, 3.63) is 53.9 Å². The van der Waals surface area contributed by atoms with Crippen molar-refractivity contribution in [2.45, 2.75) is 57.4 Å². The van der Waals surface area contributed by atoms with Gasteiger partial charge in [-0.3, -0.25) is 4.79 Å². The molecule has 1 saturated heterocycles. The van der Waals surface area contributed by atoms with Gasteiger partial charge in [0, 0.05) is 25.3 Å². The molecule has 1 saturated carbocycles. The zero-order valence-electron chi connectivity index (χ0n) is 16.5. The number of anilines is 1. The summed E-state index contributed by atoms with van der Waals surface area (Å²) in [6, 6.07) is 12.7. The quantitative estimate of drug-likeness (QED) is 0.854. The molecule has 5 heteroatoms. The molecule has 2 fully saturated rings. The van der Waals surface area contributed by atoms with Crippen LogP contribution in [0.3, 0.4) is 0 Å². The van der Waals surface area contributed by atoms with Crippen molar-refractivity contribution < 1.29 is 4.79 Å². The van der Waals surface area contributed by atoms with Crippen LogP contribution in [-0.4, -0.2) is 35.0 Å². The number of aromatic nitrogens is 2. The highest BCUT2D eigenvalue weighted by Gasteiger charge is 2.23. The molecular weight excluding hydrogens is 348 g/mol. The molecule has 1 aliphatic carbocycles. The van der Waals surface area contributed by atoms with Crippen LogP contribution in [0.4, 0.5) is 5.95 Å². The summed E-state index contributed by atoms with van der Waals surface area (Å²) in [5.41, 5.74) is 1.90. The van der Waals surface area contributed by atoms with Gasteiger partial charge in [0.2, 0.25) is 5.95 Å². The Labute approximate surface area is 167 Å². The molecule has 2 heterocycles. The van der Waals surface area contributed by atoms with E-state index in [4.69, 9.17) is 0 Å². The zero-order valence-corrected chi connectivity index (χ0v) is 16.5. The average Bonchev–Trinajstić information content (AvgIpc) is 2.76. The van der Waals surface area contributed by atoms with Gasteiger partial charge in [-0.05, 0) is 49.7 Å². The largest absolute Gasteiger partial charge is 0.348 e. The Morgan fingerprint density at radius 1 is 1.00 bits per heavy atom. The van der Waals surface area contributed by atoms with E-state index in [9.17, 15) is 4.79 Å². The summed E-state index contributed by atoms with van der Waals surface area (Å²) in [6.45, 7) is 1.90. The van der Waals surface area contributed by atoms with Crippen molar-refractivity contribution in [1.82, 2.24) is 15.3 Å². The summed E-state index contributed by atoms with van der Waals surface area (Å²) >= 11 is 0. The lowest BCUT2D eigenvalue weighted by Gasteiger charge is -2.32. The minimum atomic E-state index is -0.0606. The third-order valence-electron chi connectivity index (χ3n) is 6.08.